The van der Waals surface area contributed by atoms with Crippen molar-refractivity contribution >= 4 is 23.6 Å². The van der Waals surface area contributed by atoms with Gasteiger partial charge in [-0.15, -0.1) is 0 Å². The highest BCUT2D eigenvalue weighted by Crippen LogP contribution is 2.08. The highest BCUT2D eigenvalue weighted by molar-refractivity contribution is 6.29. The number of hydrogen-bond acceptors (Lipinski definition) is 3. The summed E-state index contributed by atoms with van der Waals surface area (Å²) >= 11 is 5.74. The van der Waals surface area contributed by atoms with Crippen LogP contribution in [0.25, 0.3) is 6.08 Å². The van der Waals surface area contributed by atoms with Crippen molar-refractivity contribution in [1.29, 1.82) is 0 Å². The van der Waals surface area contributed by atoms with Gasteiger partial charge in [-0.1, -0.05) is 18.5 Å². The van der Waals surface area contributed by atoms with Crippen molar-refractivity contribution in [3.63, 3.8) is 0 Å². The number of amides is 1. The van der Waals surface area contributed by atoms with Crippen molar-refractivity contribution in [2.45, 2.75) is 26.4 Å². The minimum Gasteiger partial charge on any atom is -0.393 e. The molecule has 1 aromatic heterocycles. The van der Waals surface area contributed by atoms with Crippen molar-refractivity contribution in [3.8, 4) is 0 Å². The van der Waals surface area contributed by atoms with Gasteiger partial charge in [-0.25, -0.2) is 4.98 Å². The number of pyridine rings is 1. The smallest absolute Gasteiger partial charge is 0.244 e. The lowest BCUT2D eigenvalue weighted by atomic mass is 10.0. The summed E-state index contributed by atoms with van der Waals surface area (Å²) in [6.07, 6.45) is 5.05. The first-order valence-electron chi connectivity index (χ1n) is 6.23. The number of nitrogens with zero attached hydrogens (tertiary/aromatic N) is 1. The topological polar surface area (TPSA) is 62.2 Å². The summed E-state index contributed by atoms with van der Waals surface area (Å²) in [5.74, 6) is 0.0816. The molecule has 5 heteroatoms. The third kappa shape index (κ3) is 6.94. The first-order valence-corrected chi connectivity index (χ1v) is 6.60. The molecule has 19 heavy (non-hydrogen) atoms. The number of aliphatic hydroxyl groups excluding tert-OH is 1. The van der Waals surface area contributed by atoms with Crippen LogP contribution in [0, 0.1) is 5.92 Å². The molecule has 0 bridgehead atoms. The molecule has 0 saturated carbocycles. The molecule has 0 fully saturated rings. The first-order chi connectivity index (χ1) is 8.97. The van der Waals surface area contributed by atoms with Gasteiger partial charge in [0, 0.05) is 18.8 Å². The number of carbonyl (C=O) groups is 1. The zero-order valence-corrected chi connectivity index (χ0v) is 11.9. The number of aliphatic hydroxyl groups is 1. The second-order valence-electron chi connectivity index (χ2n) is 4.68. The lowest BCUT2D eigenvalue weighted by Crippen LogP contribution is -2.27. The molecule has 1 amide bonds. The molecule has 1 heterocycles. The van der Waals surface area contributed by atoms with Gasteiger partial charge in [-0.3, -0.25) is 4.79 Å². The van der Waals surface area contributed by atoms with E-state index in [0.717, 1.165) is 5.56 Å². The number of aromatic nitrogens is 1. The summed E-state index contributed by atoms with van der Waals surface area (Å²) in [6, 6.07) is 3.45. The fourth-order valence-corrected chi connectivity index (χ4v) is 1.87. The van der Waals surface area contributed by atoms with Crippen LogP contribution in [0.3, 0.4) is 0 Å². The molecule has 0 spiro atoms. The van der Waals surface area contributed by atoms with Crippen LogP contribution < -0.4 is 5.32 Å². The number of halogens is 1. The Bertz CT molecular complexity index is 447. The van der Waals surface area contributed by atoms with E-state index in [0.29, 0.717) is 18.1 Å². The normalized spacial score (nSPS) is 14.3. The fourth-order valence-electron chi connectivity index (χ4n) is 1.69. The molecular weight excluding hydrogens is 264 g/mol. The second-order valence-corrected chi connectivity index (χ2v) is 5.07. The van der Waals surface area contributed by atoms with Gasteiger partial charge in [-0.2, -0.15) is 0 Å². The van der Waals surface area contributed by atoms with Crippen molar-refractivity contribution in [2.75, 3.05) is 6.54 Å². The summed E-state index contributed by atoms with van der Waals surface area (Å²) in [5.41, 5.74) is 0.826. The second kappa shape index (κ2) is 7.92. The molecule has 104 valence electrons. The third-order valence-corrected chi connectivity index (χ3v) is 2.75. The van der Waals surface area contributed by atoms with Crippen molar-refractivity contribution in [3.05, 3.63) is 35.1 Å². The maximum Gasteiger partial charge on any atom is 0.244 e. The van der Waals surface area contributed by atoms with E-state index < -0.39 is 0 Å². The Labute approximate surface area is 118 Å². The predicted octanol–water partition coefficient (Wildman–Crippen LogP) is 2.27. The third-order valence-electron chi connectivity index (χ3n) is 2.55. The largest absolute Gasteiger partial charge is 0.393 e. The van der Waals surface area contributed by atoms with E-state index in [2.05, 4.69) is 10.3 Å². The predicted molar refractivity (Wildman–Crippen MR) is 76.8 cm³/mol. The Morgan fingerprint density at radius 1 is 1.58 bits per heavy atom. The van der Waals surface area contributed by atoms with Crippen molar-refractivity contribution in [1.82, 2.24) is 10.3 Å². The molecule has 2 unspecified atom stereocenters. The van der Waals surface area contributed by atoms with Gasteiger partial charge in [0.2, 0.25) is 5.91 Å². The van der Waals surface area contributed by atoms with Gasteiger partial charge in [0.25, 0.3) is 0 Å². The van der Waals surface area contributed by atoms with Gasteiger partial charge in [0.1, 0.15) is 5.15 Å². The average Bonchev–Trinajstić information content (AvgIpc) is 2.33. The van der Waals surface area contributed by atoms with Gasteiger partial charge in [0.15, 0.2) is 0 Å². The van der Waals surface area contributed by atoms with Crippen LogP contribution in [0.1, 0.15) is 25.8 Å². The lowest BCUT2D eigenvalue weighted by Gasteiger charge is -2.13. The number of carbonyl (C=O) groups excluding carboxylic acids is 1. The molecule has 2 atom stereocenters. The maximum atomic E-state index is 11.6. The summed E-state index contributed by atoms with van der Waals surface area (Å²) in [7, 11) is 0. The number of hydrogen-bond donors (Lipinski definition) is 2. The molecule has 0 aliphatic heterocycles. The number of nitrogens with one attached hydrogen (secondary N) is 1. The standard InChI is InChI=1S/C14H19ClN2O2/c1-10(7-11(2)18)9-17-14(19)4-3-12-5-6-16-13(15)8-12/h3-6,8,10-11,18H,7,9H2,1-2H3,(H,17,19)/b4-3+. The van der Waals surface area contributed by atoms with Gasteiger partial charge >= 0.3 is 0 Å². The van der Waals surface area contributed by atoms with Gasteiger partial charge in [-0.05, 0) is 43.0 Å². The molecule has 0 aliphatic carbocycles. The molecular formula is C14H19ClN2O2. The van der Waals surface area contributed by atoms with E-state index in [4.69, 9.17) is 11.6 Å². The fraction of sp³-hybridized carbons (Fsp3) is 0.429. The quantitative estimate of drug-likeness (QED) is 0.621. The van der Waals surface area contributed by atoms with Crippen molar-refractivity contribution < 1.29 is 9.90 Å². The Morgan fingerprint density at radius 3 is 2.95 bits per heavy atom. The zero-order chi connectivity index (χ0) is 14.3. The zero-order valence-electron chi connectivity index (χ0n) is 11.1. The molecule has 2 N–H and O–H groups in total. The summed E-state index contributed by atoms with van der Waals surface area (Å²) < 4.78 is 0. The molecule has 1 rings (SSSR count). The van der Waals surface area contributed by atoms with E-state index in [-0.39, 0.29) is 17.9 Å². The molecule has 0 aromatic carbocycles. The monoisotopic (exact) mass is 282 g/mol. The molecule has 1 aromatic rings. The Balaban J connectivity index is 2.39. The molecule has 0 saturated heterocycles. The Kier molecular flexibility index (Phi) is 6.53. The summed E-state index contributed by atoms with van der Waals surface area (Å²) in [6.45, 7) is 4.27. The first kappa shape index (κ1) is 15.7. The van der Waals surface area contributed by atoms with E-state index in [9.17, 15) is 9.90 Å². The van der Waals surface area contributed by atoms with Crippen LogP contribution in [0.5, 0.6) is 0 Å². The average molecular weight is 283 g/mol. The van der Waals surface area contributed by atoms with Gasteiger partial charge in [0.05, 0.1) is 6.10 Å². The van der Waals surface area contributed by atoms with Gasteiger partial charge < -0.3 is 10.4 Å². The van der Waals surface area contributed by atoms with E-state index >= 15 is 0 Å². The van der Waals surface area contributed by atoms with E-state index in [1.165, 1.54) is 6.08 Å². The molecule has 4 nitrogen and oxygen atoms in total. The summed E-state index contributed by atoms with van der Waals surface area (Å²) in [5, 5.41) is 12.4. The SMILES string of the molecule is CC(O)CC(C)CNC(=O)/C=C/c1ccnc(Cl)c1. The minimum atomic E-state index is -0.346. The van der Waals surface area contributed by atoms with Crippen LogP contribution in [-0.4, -0.2) is 28.6 Å². The molecule has 0 radical (unpaired) electrons. The number of rotatable bonds is 6. The van der Waals surface area contributed by atoms with Crippen LogP contribution in [0.4, 0.5) is 0 Å². The highest BCUT2D eigenvalue weighted by Gasteiger charge is 2.06. The summed E-state index contributed by atoms with van der Waals surface area (Å²) in [4.78, 5) is 15.4. The Morgan fingerprint density at radius 2 is 2.32 bits per heavy atom. The van der Waals surface area contributed by atoms with Crippen LogP contribution in [-0.2, 0) is 4.79 Å². The lowest BCUT2D eigenvalue weighted by molar-refractivity contribution is -0.116. The van der Waals surface area contributed by atoms with Crippen LogP contribution in [0.15, 0.2) is 24.4 Å². The van der Waals surface area contributed by atoms with E-state index in [1.807, 2.05) is 6.92 Å². The van der Waals surface area contributed by atoms with E-state index in [1.54, 1.807) is 31.3 Å². The molecule has 0 aliphatic rings. The van der Waals surface area contributed by atoms with Crippen molar-refractivity contribution in [2.24, 2.45) is 5.92 Å². The highest BCUT2D eigenvalue weighted by atomic mass is 35.5. The minimum absolute atomic E-state index is 0.162. The maximum absolute atomic E-state index is 11.6. The van der Waals surface area contributed by atoms with Crippen LogP contribution >= 0.6 is 11.6 Å². The van der Waals surface area contributed by atoms with Crippen LogP contribution in [0.2, 0.25) is 5.15 Å². The Hall–Kier alpha value is -1.39.